The third-order valence-corrected chi connectivity index (χ3v) is 3.58. The highest BCUT2D eigenvalue weighted by molar-refractivity contribution is 5.79. The van der Waals surface area contributed by atoms with E-state index in [1.54, 1.807) is 14.2 Å². The lowest BCUT2D eigenvalue weighted by molar-refractivity contribution is -0.385. The van der Waals surface area contributed by atoms with E-state index in [1.807, 2.05) is 25.1 Å². The Morgan fingerprint density at radius 1 is 1.44 bits per heavy atom. The summed E-state index contributed by atoms with van der Waals surface area (Å²) in [7, 11) is 3.33. The van der Waals surface area contributed by atoms with Gasteiger partial charge in [-0.1, -0.05) is 12.1 Å². The van der Waals surface area contributed by atoms with E-state index < -0.39 is 4.92 Å². The van der Waals surface area contributed by atoms with Gasteiger partial charge in [-0.3, -0.25) is 19.8 Å². The molecule has 9 nitrogen and oxygen atoms in total. The van der Waals surface area contributed by atoms with Crippen LogP contribution in [0.4, 0.5) is 5.69 Å². The predicted molar refractivity (Wildman–Crippen MR) is 94.8 cm³/mol. The smallest absolute Gasteiger partial charge is 0.306 e. The van der Waals surface area contributed by atoms with Crippen LogP contribution in [0.5, 0.6) is 5.75 Å². The molecule has 0 saturated heterocycles. The van der Waals surface area contributed by atoms with Crippen molar-refractivity contribution >= 4 is 11.6 Å². The van der Waals surface area contributed by atoms with Crippen LogP contribution in [0.2, 0.25) is 0 Å². The number of guanidine groups is 1. The van der Waals surface area contributed by atoms with E-state index in [0.717, 1.165) is 16.9 Å². The number of aliphatic imine (C=N–C) groups is 1. The first kappa shape index (κ1) is 18.2. The number of rotatable bonds is 7. The Morgan fingerprint density at radius 3 is 2.88 bits per heavy atom. The van der Waals surface area contributed by atoms with Crippen molar-refractivity contribution in [2.75, 3.05) is 20.7 Å². The molecule has 0 unspecified atom stereocenters. The third-order valence-electron chi connectivity index (χ3n) is 3.58. The lowest BCUT2D eigenvalue weighted by Crippen LogP contribution is -2.38. The maximum atomic E-state index is 10.6. The molecule has 1 aromatic heterocycles. The summed E-state index contributed by atoms with van der Waals surface area (Å²) in [5, 5.41) is 20.9. The van der Waals surface area contributed by atoms with Crippen molar-refractivity contribution in [3.63, 3.8) is 0 Å². The zero-order chi connectivity index (χ0) is 18.2. The molecule has 1 aromatic carbocycles. The number of hydrogen-bond acceptors (Lipinski definition) is 5. The van der Waals surface area contributed by atoms with Crippen LogP contribution in [0.1, 0.15) is 11.1 Å². The lowest BCUT2D eigenvalue weighted by Gasteiger charge is -2.14. The Hall–Kier alpha value is -3.10. The Morgan fingerprint density at radius 2 is 2.24 bits per heavy atom. The van der Waals surface area contributed by atoms with Crippen molar-refractivity contribution in [3.05, 3.63) is 51.8 Å². The number of methoxy groups -OCH3 is 1. The molecule has 134 valence electrons. The molecule has 0 atom stereocenters. The number of ether oxygens (including phenoxy) is 1. The Kier molecular flexibility index (Phi) is 6.33. The predicted octanol–water partition coefficient (Wildman–Crippen LogP) is 1.47. The number of aromatic nitrogens is 2. The van der Waals surface area contributed by atoms with Gasteiger partial charge >= 0.3 is 5.69 Å². The summed E-state index contributed by atoms with van der Waals surface area (Å²) >= 11 is 0. The summed E-state index contributed by atoms with van der Waals surface area (Å²) in [5.74, 6) is 1.45. The van der Waals surface area contributed by atoms with E-state index in [-0.39, 0.29) is 5.69 Å². The normalized spacial score (nSPS) is 11.2. The zero-order valence-electron chi connectivity index (χ0n) is 14.5. The van der Waals surface area contributed by atoms with E-state index in [9.17, 15) is 10.1 Å². The highest BCUT2D eigenvalue weighted by Crippen LogP contribution is 2.19. The van der Waals surface area contributed by atoms with Crippen LogP contribution in [-0.4, -0.2) is 41.4 Å². The average molecular weight is 346 g/mol. The van der Waals surface area contributed by atoms with Crippen molar-refractivity contribution in [3.8, 4) is 5.75 Å². The monoisotopic (exact) mass is 346 g/mol. The number of nitro groups is 1. The summed E-state index contributed by atoms with van der Waals surface area (Å²) in [6, 6.07) is 6.02. The average Bonchev–Trinajstić information content (AvgIpc) is 3.07. The molecule has 0 fully saturated rings. The maximum absolute atomic E-state index is 10.6. The molecule has 25 heavy (non-hydrogen) atoms. The molecule has 0 saturated carbocycles. The third kappa shape index (κ3) is 5.20. The van der Waals surface area contributed by atoms with Gasteiger partial charge < -0.3 is 15.4 Å². The molecule has 0 bridgehead atoms. The molecule has 0 aliphatic carbocycles. The summed E-state index contributed by atoms with van der Waals surface area (Å²) in [6.07, 6.45) is 2.63. The van der Waals surface area contributed by atoms with Gasteiger partial charge in [0.25, 0.3) is 0 Å². The first-order valence-corrected chi connectivity index (χ1v) is 7.78. The minimum atomic E-state index is -0.466. The number of nitrogens with one attached hydrogen (secondary N) is 2. The van der Waals surface area contributed by atoms with Crippen LogP contribution < -0.4 is 15.4 Å². The fourth-order valence-electron chi connectivity index (χ4n) is 2.26. The summed E-state index contributed by atoms with van der Waals surface area (Å²) < 4.78 is 6.90. The Bertz CT molecular complexity index is 756. The number of nitrogens with zero attached hydrogens (tertiary/aromatic N) is 4. The molecular formula is C16H22N6O3. The number of benzene rings is 1. The number of hydrogen-bond donors (Lipinski definition) is 2. The van der Waals surface area contributed by atoms with Gasteiger partial charge in [-0.05, 0) is 18.6 Å². The van der Waals surface area contributed by atoms with Crippen LogP contribution in [0.25, 0.3) is 0 Å². The van der Waals surface area contributed by atoms with Gasteiger partial charge in [-0.2, -0.15) is 5.10 Å². The van der Waals surface area contributed by atoms with Crippen LogP contribution in [0.3, 0.4) is 0 Å². The maximum Gasteiger partial charge on any atom is 0.306 e. The van der Waals surface area contributed by atoms with Gasteiger partial charge in [-0.25, -0.2) is 0 Å². The highest BCUT2D eigenvalue weighted by Gasteiger charge is 2.08. The molecule has 0 aliphatic heterocycles. The van der Waals surface area contributed by atoms with E-state index in [2.05, 4.69) is 20.7 Å². The molecule has 1 heterocycles. The van der Waals surface area contributed by atoms with E-state index >= 15 is 0 Å². The molecule has 2 rings (SSSR count). The minimum absolute atomic E-state index is 0.0195. The van der Waals surface area contributed by atoms with Crippen molar-refractivity contribution in [1.82, 2.24) is 20.4 Å². The largest absolute Gasteiger partial charge is 0.496 e. The molecule has 2 aromatic rings. The van der Waals surface area contributed by atoms with E-state index in [4.69, 9.17) is 4.74 Å². The SMILES string of the molecule is CN=C(NCCn1cc([N+](=O)[O-])cn1)NCc1ccc(C)cc1OC. The zero-order valence-corrected chi connectivity index (χ0v) is 14.5. The van der Waals surface area contributed by atoms with Crippen LogP contribution >= 0.6 is 0 Å². The molecule has 0 amide bonds. The molecule has 0 spiro atoms. The highest BCUT2D eigenvalue weighted by atomic mass is 16.6. The lowest BCUT2D eigenvalue weighted by atomic mass is 10.1. The topological polar surface area (TPSA) is 107 Å². The van der Waals surface area contributed by atoms with Gasteiger partial charge in [0.15, 0.2) is 5.96 Å². The Balaban J connectivity index is 1.83. The quantitative estimate of drug-likeness (QED) is 0.340. The summed E-state index contributed by atoms with van der Waals surface area (Å²) in [5.41, 5.74) is 2.14. The fraction of sp³-hybridized carbons (Fsp3) is 0.375. The summed E-state index contributed by atoms with van der Waals surface area (Å²) in [6.45, 7) is 3.60. The summed E-state index contributed by atoms with van der Waals surface area (Å²) in [4.78, 5) is 14.3. The van der Waals surface area contributed by atoms with Crippen LogP contribution in [0.15, 0.2) is 35.6 Å². The Labute approximate surface area is 145 Å². The number of aryl methyl sites for hydroxylation is 1. The van der Waals surface area contributed by atoms with E-state index in [1.165, 1.54) is 17.1 Å². The van der Waals surface area contributed by atoms with Gasteiger partial charge in [0.05, 0.1) is 18.6 Å². The minimum Gasteiger partial charge on any atom is -0.496 e. The van der Waals surface area contributed by atoms with Crippen molar-refractivity contribution in [2.24, 2.45) is 4.99 Å². The van der Waals surface area contributed by atoms with Gasteiger partial charge in [-0.15, -0.1) is 0 Å². The van der Waals surface area contributed by atoms with Gasteiger partial charge in [0.1, 0.15) is 18.1 Å². The van der Waals surface area contributed by atoms with Gasteiger partial charge in [0, 0.05) is 25.7 Å². The second-order valence-electron chi connectivity index (χ2n) is 5.39. The van der Waals surface area contributed by atoms with Crippen molar-refractivity contribution < 1.29 is 9.66 Å². The first-order valence-electron chi connectivity index (χ1n) is 7.78. The molecule has 0 radical (unpaired) electrons. The second kappa shape index (κ2) is 8.67. The van der Waals surface area contributed by atoms with Gasteiger partial charge in [0.2, 0.25) is 0 Å². The van der Waals surface area contributed by atoms with Crippen molar-refractivity contribution in [1.29, 1.82) is 0 Å². The molecular weight excluding hydrogens is 324 g/mol. The van der Waals surface area contributed by atoms with Crippen molar-refractivity contribution in [2.45, 2.75) is 20.0 Å². The second-order valence-corrected chi connectivity index (χ2v) is 5.39. The molecule has 0 aliphatic rings. The first-order chi connectivity index (χ1) is 12.0. The van der Waals surface area contributed by atoms with Crippen LogP contribution in [-0.2, 0) is 13.1 Å². The standard InChI is InChI=1S/C16H22N6O3/c1-12-4-5-13(15(8-12)25-3)9-19-16(17-2)18-6-7-21-11-14(10-20-21)22(23)24/h4-5,8,10-11H,6-7,9H2,1-3H3,(H2,17,18,19). The van der Waals surface area contributed by atoms with Crippen LogP contribution in [0, 0.1) is 17.0 Å². The molecule has 9 heteroatoms. The van der Waals surface area contributed by atoms with E-state index in [0.29, 0.717) is 25.6 Å². The fourth-order valence-corrected chi connectivity index (χ4v) is 2.26. The molecule has 2 N–H and O–H groups in total.